The molecule has 2 rings (SSSR count). The Morgan fingerprint density at radius 1 is 1.33 bits per heavy atom. The first-order valence-electron chi connectivity index (χ1n) is 6.05. The fourth-order valence-corrected chi connectivity index (χ4v) is 3.08. The number of benzene rings is 1. The Morgan fingerprint density at radius 2 is 1.83 bits per heavy atom. The molecule has 1 N–H and O–H groups in total. The molecular formula is C14H17Cl2NO. The van der Waals surface area contributed by atoms with Gasteiger partial charge in [-0.25, -0.2) is 0 Å². The van der Waals surface area contributed by atoms with E-state index >= 15 is 0 Å². The minimum absolute atomic E-state index is 0.0312. The highest BCUT2D eigenvalue weighted by atomic mass is 35.5. The molecule has 3 atom stereocenters. The Balaban J connectivity index is 2.06. The van der Waals surface area contributed by atoms with Gasteiger partial charge in [-0.3, -0.25) is 4.79 Å². The molecule has 98 valence electrons. The van der Waals surface area contributed by atoms with Crippen molar-refractivity contribution in [2.45, 2.75) is 31.1 Å². The van der Waals surface area contributed by atoms with Gasteiger partial charge in [0.2, 0.25) is 5.91 Å². The quantitative estimate of drug-likeness (QED) is 0.843. The third-order valence-electron chi connectivity index (χ3n) is 4.14. The second-order valence-electron chi connectivity index (χ2n) is 5.15. The van der Waals surface area contributed by atoms with Gasteiger partial charge in [0.25, 0.3) is 0 Å². The molecule has 1 aliphatic rings. The van der Waals surface area contributed by atoms with Crippen molar-refractivity contribution in [1.29, 1.82) is 0 Å². The maximum atomic E-state index is 12.3. The van der Waals surface area contributed by atoms with Gasteiger partial charge in [-0.1, -0.05) is 37.3 Å². The van der Waals surface area contributed by atoms with Crippen LogP contribution in [0, 0.1) is 11.3 Å². The molecular weight excluding hydrogens is 269 g/mol. The lowest BCUT2D eigenvalue weighted by Crippen LogP contribution is -2.35. The van der Waals surface area contributed by atoms with Crippen molar-refractivity contribution in [3.05, 3.63) is 35.9 Å². The second kappa shape index (κ2) is 4.43. The normalized spacial score (nSPS) is 30.6. The van der Waals surface area contributed by atoms with Gasteiger partial charge < -0.3 is 5.32 Å². The zero-order chi connectivity index (χ0) is 13.6. The highest BCUT2D eigenvalue weighted by molar-refractivity contribution is 6.53. The molecule has 0 heterocycles. The lowest BCUT2D eigenvalue weighted by Gasteiger charge is -2.18. The summed E-state index contributed by atoms with van der Waals surface area (Å²) in [7, 11) is 0. The fraction of sp³-hybridized carbons (Fsp3) is 0.500. The van der Waals surface area contributed by atoms with Crippen molar-refractivity contribution in [2.75, 3.05) is 0 Å². The lowest BCUT2D eigenvalue weighted by atomic mass is 10.0. The number of alkyl halides is 2. The van der Waals surface area contributed by atoms with E-state index in [1.165, 1.54) is 0 Å². The summed E-state index contributed by atoms with van der Waals surface area (Å²) in [6, 6.07) is 9.77. The van der Waals surface area contributed by atoms with Gasteiger partial charge in [-0.05, 0) is 19.4 Å². The summed E-state index contributed by atoms with van der Waals surface area (Å²) in [5.41, 5.74) is 0.372. The minimum Gasteiger partial charge on any atom is -0.349 e. The summed E-state index contributed by atoms with van der Waals surface area (Å²) in [6.07, 6.45) is 0. The zero-order valence-electron chi connectivity index (χ0n) is 10.7. The predicted octanol–water partition coefficient (Wildman–Crippen LogP) is 3.69. The molecule has 0 unspecified atom stereocenters. The van der Waals surface area contributed by atoms with Crippen LogP contribution in [0.3, 0.4) is 0 Å². The highest BCUT2D eigenvalue weighted by Gasteiger charge is 2.74. The Labute approximate surface area is 118 Å². The Hall–Kier alpha value is -0.730. The summed E-state index contributed by atoms with van der Waals surface area (Å²) in [5, 5.41) is 2.98. The molecule has 0 spiro atoms. The topological polar surface area (TPSA) is 29.1 Å². The third-order valence-corrected chi connectivity index (χ3v) is 5.58. The average Bonchev–Trinajstić information content (AvgIpc) is 2.75. The summed E-state index contributed by atoms with van der Waals surface area (Å²) in [4.78, 5) is 12.3. The van der Waals surface area contributed by atoms with E-state index in [2.05, 4.69) is 5.32 Å². The second-order valence-corrected chi connectivity index (χ2v) is 6.54. The van der Waals surface area contributed by atoms with Crippen molar-refractivity contribution in [3.8, 4) is 0 Å². The smallest absolute Gasteiger partial charge is 0.229 e. The van der Waals surface area contributed by atoms with Crippen molar-refractivity contribution < 1.29 is 4.79 Å². The monoisotopic (exact) mass is 285 g/mol. The van der Waals surface area contributed by atoms with Crippen LogP contribution in [-0.4, -0.2) is 10.2 Å². The molecule has 18 heavy (non-hydrogen) atoms. The average molecular weight is 286 g/mol. The first-order chi connectivity index (χ1) is 8.31. The van der Waals surface area contributed by atoms with Crippen molar-refractivity contribution in [1.82, 2.24) is 5.32 Å². The van der Waals surface area contributed by atoms with Crippen molar-refractivity contribution in [3.63, 3.8) is 0 Å². The van der Waals surface area contributed by atoms with Crippen LogP contribution < -0.4 is 5.32 Å². The summed E-state index contributed by atoms with van der Waals surface area (Å²) >= 11 is 12.3. The highest BCUT2D eigenvalue weighted by Crippen LogP contribution is 2.68. The molecule has 0 bridgehead atoms. The number of amides is 1. The lowest BCUT2D eigenvalue weighted by molar-refractivity contribution is -0.126. The van der Waals surface area contributed by atoms with Gasteiger partial charge in [0.1, 0.15) is 4.33 Å². The molecule has 1 aromatic carbocycles. The predicted molar refractivity (Wildman–Crippen MR) is 74.7 cm³/mol. The number of rotatable bonds is 3. The number of carbonyl (C=O) groups excluding carboxylic acids is 1. The van der Waals surface area contributed by atoms with E-state index in [4.69, 9.17) is 23.2 Å². The summed E-state index contributed by atoms with van der Waals surface area (Å²) in [5.74, 6) is -0.118. The molecule has 4 heteroatoms. The van der Waals surface area contributed by atoms with E-state index in [1.807, 2.05) is 51.1 Å². The van der Waals surface area contributed by atoms with Crippen LogP contribution in [-0.2, 0) is 4.79 Å². The van der Waals surface area contributed by atoms with Crippen LogP contribution in [0.15, 0.2) is 30.3 Å². The summed E-state index contributed by atoms with van der Waals surface area (Å²) < 4.78 is -0.951. The van der Waals surface area contributed by atoms with Gasteiger partial charge in [-0.2, -0.15) is 0 Å². The van der Waals surface area contributed by atoms with Gasteiger partial charge in [0.05, 0.1) is 11.5 Å². The zero-order valence-corrected chi connectivity index (χ0v) is 12.2. The number of nitrogens with one attached hydrogen (secondary N) is 1. The number of halogens is 2. The molecule has 0 aliphatic heterocycles. The minimum atomic E-state index is -0.951. The van der Waals surface area contributed by atoms with Crippen LogP contribution in [0.2, 0.25) is 0 Å². The molecule has 1 fully saturated rings. The summed E-state index contributed by atoms with van der Waals surface area (Å²) in [6.45, 7) is 5.66. The molecule has 1 saturated carbocycles. The maximum absolute atomic E-state index is 12.3. The molecule has 0 aromatic heterocycles. The van der Waals surface area contributed by atoms with Gasteiger partial charge >= 0.3 is 0 Å². The van der Waals surface area contributed by atoms with E-state index in [-0.39, 0.29) is 17.9 Å². The Kier molecular flexibility index (Phi) is 3.37. The van der Waals surface area contributed by atoms with Crippen LogP contribution in [0.1, 0.15) is 32.4 Å². The molecule has 1 aliphatic carbocycles. The third kappa shape index (κ3) is 1.92. The van der Waals surface area contributed by atoms with Crippen LogP contribution in [0.5, 0.6) is 0 Å². The van der Waals surface area contributed by atoms with Gasteiger partial charge in [0.15, 0.2) is 0 Å². The maximum Gasteiger partial charge on any atom is 0.229 e. The molecule has 2 nitrogen and oxygen atoms in total. The van der Waals surface area contributed by atoms with Gasteiger partial charge in [-0.15, -0.1) is 23.2 Å². The molecule has 1 aromatic rings. The molecule has 1 amide bonds. The number of carbonyl (C=O) groups is 1. The first-order valence-corrected chi connectivity index (χ1v) is 6.81. The fourth-order valence-electron chi connectivity index (χ4n) is 2.26. The number of hydrogen-bond donors (Lipinski definition) is 1. The first kappa shape index (κ1) is 13.7. The van der Waals surface area contributed by atoms with E-state index in [0.717, 1.165) is 5.56 Å². The molecule has 0 saturated heterocycles. The standard InChI is InChI=1S/C14H17Cl2NO/c1-9(11-7-5-4-6-8-11)17-12(18)13(3)10(2)14(13,15)16/h4-10H,1-3H3,(H,17,18)/t9-,10-,13-/m0/s1. The Morgan fingerprint density at radius 3 is 2.28 bits per heavy atom. The number of hydrogen-bond acceptors (Lipinski definition) is 1. The SMILES string of the molecule is C[C@H](NC(=O)[C@]1(C)[C@H](C)C1(Cl)Cl)c1ccccc1. The van der Waals surface area contributed by atoms with Crippen LogP contribution in [0.4, 0.5) is 0 Å². The van der Waals surface area contributed by atoms with E-state index in [1.54, 1.807) is 0 Å². The van der Waals surface area contributed by atoms with Crippen molar-refractivity contribution >= 4 is 29.1 Å². The van der Waals surface area contributed by atoms with Gasteiger partial charge in [0, 0.05) is 5.92 Å². The van der Waals surface area contributed by atoms with Crippen LogP contribution in [0.25, 0.3) is 0 Å². The van der Waals surface area contributed by atoms with Crippen molar-refractivity contribution in [2.24, 2.45) is 11.3 Å². The largest absolute Gasteiger partial charge is 0.349 e. The van der Waals surface area contributed by atoms with E-state index in [9.17, 15) is 4.79 Å². The van der Waals surface area contributed by atoms with Crippen LogP contribution >= 0.6 is 23.2 Å². The Bertz CT molecular complexity index is 460. The van der Waals surface area contributed by atoms with E-state index in [0.29, 0.717) is 0 Å². The van der Waals surface area contributed by atoms with E-state index < -0.39 is 9.75 Å². The molecule has 0 radical (unpaired) electrons.